The predicted molar refractivity (Wildman–Crippen MR) is 129 cm³/mol. The molecule has 3 amide bonds. The van der Waals surface area contributed by atoms with Gasteiger partial charge < -0.3 is 20.6 Å². The second-order valence-electron chi connectivity index (χ2n) is 8.75. The predicted octanol–water partition coefficient (Wildman–Crippen LogP) is 4.84. The molecule has 0 unspecified atom stereocenters. The zero-order chi connectivity index (χ0) is 26.9. The van der Waals surface area contributed by atoms with Crippen molar-refractivity contribution >= 4 is 29.4 Å². The number of carboxylic acids is 1. The number of benzene rings is 2. The molecule has 2 heterocycles. The zero-order valence-electron chi connectivity index (χ0n) is 20.0. The molecule has 1 saturated heterocycles. The highest BCUT2D eigenvalue weighted by Gasteiger charge is 2.35. The first-order valence-electron chi connectivity index (χ1n) is 11.4. The number of hydrogen-bond acceptors (Lipinski definition) is 4. The van der Waals surface area contributed by atoms with Crippen LogP contribution in [0.1, 0.15) is 39.9 Å². The van der Waals surface area contributed by atoms with Gasteiger partial charge in [-0.05, 0) is 74.2 Å². The Morgan fingerprint density at radius 3 is 2.43 bits per heavy atom. The normalized spacial score (nSPS) is 15.5. The fourth-order valence-electron chi connectivity index (χ4n) is 4.31. The van der Waals surface area contributed by atoms with Gasteiger partial charge >= 0.3 is 18.2 Å². The lowest BCUT2D eigenvalue weighted by molar-refractivity contribution is -0.138. The van der Waals surface area contributed by atoms with Gasteiger partial charge in [-0.2, -0.15) is 18.3 Å². The quantitative estimate of drug-likeness (QED) is 0.450. The number of aromatic carboxylic acids is 1. The fourth-order valence-corrected chi connectivity index (χ4v) is 4.31. The number of amides is 3. The van der Waals surface area contributed by atoms with Gasteiger partial charge in [0.1, 0.15) is 6.04 Å². The van der Waals surface area contributed by atoms with Gasteiger partial charge in [0.15, 0.2) is 5.82 Å². The van der Waals surface area contributed by atoms with Gasteiger partial charge in [-0.15, -0.1) is 0 Å². The minimum absolute atomic E-state index is 0.0237. The van der Waals surface area contributed by atoms with Crippen molar-refractivity contribution in [1.82, 2.24) is 14.7 Å². The summed E-state index contributed by atoms with van der Waals surface area (Å²) >= 11 is 0. The molecule has 3 aromatic rings. The van der Waals surface area contributed by atoms with E-state index in [1.807, 2.05) is 0 Å². The number of rotatable bonds is 5. The lowest BCUT2D eigenvalue weighted by Crippen LogP contribution is -2.45. The first kappa shape index (κ1) is 25.7. The second kappa shape index (κ2) is 9.96. The molecule has 0 spiro atoms. The van der Waals surface area contributed by atoms with Gasteiger partial charge in [-0.25, -0.2) is 14.3 Å². The monoisotopic (exact) mass is 515 g/mol. The van der Waals surface area contributed by atoms with Crippen molar-refractivity contribution in [3.8, 4) is 5.69 Å². The average molecular weight is 515 g/mol. The van der Waals surface area contributed by atoms with Crippen molar-refractivity contribution in [2.45, 2.75) is 38.9 Å². The van der Waals surface area contributed by atoms with Crippen LogP contribution in [0, 0.1) is 13.8 Å². The van der Waals surface area contributed by atoms with Crippen molar-refractivity contribution in [3.05, 3.63) is 70.9 Å². The molecule has 1 atom stereocenters. The molecule has 2 aromatic carbocycles. The number of nitrogens with zero attached hydrogens (tertiary/aromatic N) is 3. The van der Waals surface area contributed by atoms with Gasteiger partial charge in [0, 0.05) is 24.5 Å². The Balaban J connectivity index is 1.42. The van der Waals surface area contributed by atoms with Crippen LogP contribution >= 0.6 is 0 Å². The molecule has 0 radical (unpaired) electrons. The Hall–Kier alpha value is -4.35. The van der Waals surface area contributed by atoms with E-state index >= 15 is 0 Å². The molecule has 3 N–H and O–H groups in total. The van der Waals surface area contributed by atoms with Gasteiger partial charge in [0.2, 0.25) is 5.91 Å². The summed E-state index contributed by atoms with van der Waals surface area (Å²) < 4.78 is 40.5. The first-order chi connectivity index (χ1) is 17.4. The number of aromatic nitrogens is 2. The van der Waals surface area contributed by atoms with Crippen molar-refractivity contribution < 1.29 is 32.7 Å². The number of hydrogen-bond donors (Lipinski definition) is 3. The third-order valence-electron chi connectivity index (χ3n) is 6.14. The third kappa shape index (κ3) is 5.57. The number of carbonyl (C=O) groups excluding carboxylic acids is 2. The van der Waals surface area contributed by atoms with Gasteiger partial charge in [0.25, 0.3) is 0 Å². The maximum atomic E-state index is 13.0. The van der Waals surface area contributed by atoms with E-state index in [9.17, 15) is 32.7 Å². The molecule has 1 fully saturated rings. The molecular weight excluding hydrogens is 491 g/mol. The van der Waals surface area contributed by atoms with Crippen LogP contribution < -0.4 is 10.6 Å². The van der Waals surface area contributed by atoms with Crippen LogP contribution in [0.25, 0.3) is 5.69 Å². The molecule has 1 aromatic heterocycles. The molecule has 194 valence electrons. The molecule has 1 aliphatic heterocycles. The second-order valence-corrected chi connectivity index (χ2v) is 8.75. The van der Waals surface area contributed by atoms with Gasteiger partial charge in [0.05, 0.1) is 16.8 Å². The van der Waals surface area contributed by atoms with Gasteiger partial charge in [-0.1, -0.05) is 0 Å². The van der Waals surface area contributed by atoms with E-state index in [1.165, 1.54) is 34.7 Å². The smallest absolute Gasteiger partial charge is 0.416 e. The zero-order valence-corrected chi connectivity index (χ0v) is 20.0. The van der Waals surface area contributed by atoms with Crippen LogP contribution in [0.4, 0.5) is 29.5 Å². The Labute approximate surface area is 209 Å². The van der Waals surface area contributed by atoms with Crippen molar-refractivity contribution in [1.29, 1.82) is 0 Å². The Bertz CT molecular complexity index is 1370. The number of carbonyl (C=O) groups is 3. The van der Waals surface area contributed by atoms with E-state index in [2.05, 4.69) is 15.7 Å². The Morgan fingerprint density at radius 1 is 1.03 bits per heavy atom. The van der Waals surface area contributed by atoms with E-state index in [0.717, 1.165) is 6.07 Å². The SMILES string of the molecule is Cc1cc(-n2ccc(NC(=O)[C@@H]3CCCN3C(=O)Nc3ccc(C(F)(F)F)c(C)c3)n2)ccc1C(=O)O. The molecule has 0 aliphatic carbocycles. The van der Waals surface area contributed by atoms with Gasteiger partial charge in [-0.3, -0.25) is 4.79 Å². The summed E-state index contributed by atoms with van der Waals surface area (Å²) in [6.45, 7) is 3.30. The van der Waals surface area contributed by atoms with Crippen LogP contribution in [0.2, 0.25) is 0 Å². The Kier molecular flexibility index (Phi) is 6.92. The molecule has 1 aliphatic rings. The van der Waals surface area contributed by atoms with Crippen LogP contribution in [-0.2, 0) is 11.0 Å². The van der Waals surface area contributed by atoms with Crippen LogP contribution in [0.15, 0.2) is 48.7 Å². The number of anilines is 2. The Morgan fingerprint density at radius 2 is 1.78 bits per heavy atom. The number of halogens is 3. The molecular formula is C25H24F3N5O4. The maximum Gasteiger partial charge on any atom is 0.416 e. The van der Waals surface area contributed by atoms with Crippen LogP contribution in [-0.4, -0.2) is 50.3 Å². The first-order valence-corrected chi connectivity index (χ1v) is 11.4. The minimum atomic E-state index is -4.49. The van der Waals surface area contributed by atoms with E-state index in [0.29, 0.717) is 30.6 Å². The van der Waals surface area contributed by atoms with Crippen molar-refractivity contribution in [2.24, 2.45) is 0 Å². The highest BCUT2D eigenvalue weighted by Crippen LogP contribution is 2.33. The minimum Gasteiger partial charge on any atom is -0.478 e. The van der Waals surface area contributed by atoms with Crippen LogP contribution in [0.5, 0.6) is 0 Å². The number of aryl methyl sites for hydroxylation is 2. The summed E-state index contributed by atoms with van der Waals surface area (Å²) in [7, 11) is 0. The molecule has 12 heteroatoms. The summed E-state index contributed by atoms with van der Waals surface area (Å²) in [6.07, 6.45) is -1.88. The van der Waals surface area contributed by atoms with E-state index < -0.39 is 35.7 Å². The van der Waals surface area contributed by atoms with Crippen molar-refractivity contribution in [3.63, 3.8) is 0 Å². The summed E-state index contributed by atoms with van der Waals surface area (Å²) in [4.78, 5) is 38.3. The van der Waals surface area contributed by atoms with E-state index in [4.69, 9.17) is 0 Å². The fraction of sp³-hybridized carbons (Fsp3) is 0.280. The molecule has 9 nitrogen and oxygen atoms in total. The number of carboxylic acid groups (broad SMARTS) is 1. The average Bonchev–Trinajstić information content (AvgIpc) is 3.48. The van der Waals surface area contributed by atoms with E-state index in [1.54, 1.807) is 31.3 Å². The van der Waals surface area contributed by atoms with Crippen molar-refractivity contribution in [2.75, 3.05) is 17.2 Å². The highest BCUT2D eigenvalue weighted by molar-refractivity contribution is 5.99. The van der Waals surface area contributed by atoms with Crippen LogP contribution in [0.3, 0.4) is 0 Å². The lowest BCUT2D eigenvalue weighted by Gasteiger charge is -2.24. The number of likely N-dealkylation sites (tertiary alicyclic amines) is 1. The standard InChI is InChI=1S/C25H24F3N5O4/c1-14-13-17(6-7-18(14)23(35)36)33-11-9-21(31-33)30-22(34)20-4-3-10-32(20)24(37)29-16-5-8-19(15(2)12-16)25(26,27)28/h5-9,11-13,20H,3-4,10H2,1-2H3,(H,29,37)(H,35,36)(H,30,31,34)/t20-/m0/s1. The molecule has 0 bridgehead atoms. The number of alkyl halides is 3. The lowest BCUT2D eigenvalue weighted by atomic mass is 10.1. The number of urea groups is 1. The third-order valence-corrected chi connectivity index (χ3v) is 6.14. The summed E-state index contributed by atoms with van der Waals surface area (Å²) in [5.74, 6) is -1.23. The number of nitrogens with one attached hydrogen (secondary N) is 2. The summed E-state index contributed by atoms with van der Waals surface area (Å²) in [5, 5.41) is 18.8. The summed E-state index contributed by atoms with van der Waals surface area (Å²) in [6, 6.07) is 8.26. The largest absolute Gasteiger partial charge is 0.478 e. The summed E-state index contributed by atoms with van der Waals surface area (Å²) in [5.41, 5.74) is 0.736. The molecule has 0 saturated carbocycles. The maximum absolute atomic E-state index is 13.0. The molecule has 37 heavy (non-hydrogen) atoms. The topological polar surface area (TPSA) is 117 Å². The highest BCUT2D eigenvalue weighted by atomic mass is 19.4. The van der Waals surface area contributed by atoms with E-state index in [-0.39, 0.29) is 22.6 Å². The molecule has 4 rings (SSSR count).